The molecule has 1 saturated heterocycles. The summed E-state index contributed by atoms with van der Waals surface area (Å²) in [4.78, 5) is 24.9. The van der Waals surface area contributed by atoms with Crippen LogP contribution < -0.4 is 10.8 Å². The maximum absolute atomic E-state index is 12.5. The second-order valence-electron chi connectivity index (χ2n) is 10.6. The minimum atomic E-state index is -0.952. The fourth-order valence-electron chi connectivity index (χ4n) is 3.87. The summed E-state index contributed by atoms with van der Waals surface area (Å²) in [6, 6.07) is -0.952. The van der Waals surface area contributed by atoms with Crippen LogP contribution in [-0.4, -0.2) is 49.1 Å². The first-order valence-electron chi connectivity index (χ1n) is 11.1. The van der Waals surface area contributed by atoms with Crippen molar-refractivity contribution in [1.82, 2.24) is 5.32 Å². The largest absolute Gasteiger partial charge is 0.495 e. The summed E-state index contributed by atoms with van der Waals surface area (Å²) in [6.45, 7) is 19.0. The van der Waals surface area contributed by atoms with Crippen LogP contribution in [0.25, 0.3) is 0 Å². The second-order valence-corrected chi connectivity index (χ2v) is 11.0. The molecule has 0 spiro atoms. The van der Waals surface area contributed by atoms with E-state index in [-0.39, 0.29) is 6.42 Å². The van der Waals surface area contributed by atoms with Crippen LogP contribution in [0.15, 0.2) is 0 Å². The summed E-state index contributed by atoms with van der Waals surface area (Å²) in [5, 5.41) is 3.21. The van der Waals surface area contributed by atoms with E-state index < -0.39 is 42.0 Å². The Bertz CT molecular complexity index is 922. The maximum atomic E-state index is 12.5. The molecular weight excluding hydrogens is 445 g/mol. The van der Waals surface area contributed by atoms with Gasteiger partial charge in [-0.2, -0.15) is 0 Å². The number of carbonyl (C=O) groups excluding carboxylic acids is 2. The molecule has 0 saturated carbocycles. The highest BCUT2D eigenvalue weighted by Crippen LogP contribution is 2.38. The molecule has 0 radical (unpaired) electrons. The standard InChI is InChI=1S/C24H37BClNO6/c1-13-16(12-17(20(28)30-11)27-21(29)31-22(4,5)6)14(2)19(26)15(3)18(13)25-32-23(7,8)24(9,10)33-25/h17H,12H2,1-11H3,(H,27,29)/t17-/m0/s1. The van der Waals surface area contributed by atoms with Crippen LogP contribution in [0.1, 0.15) is 70.7 Å². The number of esters is 1. The van der Waals surface area contributed by atoms with Crippen LogP contribution in [-0.2, 0) is 30.0 Å². The molecule has 1 atom stereocenters. The van der Waals surface area contributed by atoms with Crippen molar-refractivity contribution in [3.8, 4) is 0 Å². The van der Waals surface area contributed by atoms with Gasteiger partial charge in [0.15, 0.2) is 0 Å². The van der Waals surface area contributed by atoms with E-state index in [0.717, 1.165) is 27.7 Å². The van der Waals surface area contributed by atoms with Crippen LogP contribution in [0.3, 0.4) is 0 Å². The predicted molar refractivity (Wildman–Crippen MR) is 130 cm³/mol. The average molecular weight is 482 g/mol. The van der Waals surface area contributed by atoms with Crippen LogP contribution in [0.5, 0.6) is 0 Å². The van der Waals surface area contributed by atoms with Crippen molar-refractivity contribution in [2.75, 3.05) is 7.11 Å². The Morgan fingerprint density at radius 2 is 1.55 bits per heavy atom. The summed E-state index contributed by atoms with van der Waals surface area (Å²) in [5.41, 5.74) is 2.51. The normalized spacial score (nSPS) is 18.1. The van der Waals surface area contributed by atoms with E-state index >= 15 is 0 Å². The molecule has 9 heteroatoms. The Hall–Kier alpha value is -1.77. The van der Waals surface area contributed by atoms with Crippen molar-refractivity contribution < 1.29 is 28.4 Å². The van der Waals surface area contributed by atoms with Gasteiger partial charge in [-0.1, -0.05) is 11.6 Å². The average Bonchev–Trinajstić information content (AvgIpc) is 2.87. The van der Waals surface area contributed by atoms with Crippen LogP contribution >= 0.6 is 11.6 Å². The van der Waals surface area contributed by atoms with Crippen LogP contribution in [0, 0.1) is 20.8 Å². The topological polar surface area (TPSA) is 83.1 Å². The number of ether oxygens (including phenoxy) is 2. The fraction of sp³-hybridized carbons (Fsp3) is 0.667. The highest BCUT2D eigenvalue weighted by Gasteiger charge is 2.52. The van der Waals surface area contributed by atoms with Gasteiger partial charge in [-0.25, -0.2) is 9.59 Å². The third-order valence-electron chi connectivity index (χ3n) is 6.45. The third-order valence-corrected chi connectivity index (χ3v) is 7.01. The lowest BCUT2D eigenvalue weighted by Gasteiger charge is -2.32. The molecule has 0 aromatic heterocycles. The summed E-state index contributed by atoms with van der Waals surface area (Å²) < 4.78 is 22.9. The van der Waals surface area contributed by atoms with Gasteiger partial charge in [0.2, 0.25) is 0 Å². The monoisotopic (exact) mass is 481 g/mol. The number of rotatable bonds is 5. The van der Waals surface area contributed by atoms with E-state index in [0.29, 0.717) is 5.02 Å². The number of benzene rings is 1. The van der Waals surface area contributed by atoms with Crippen LogP contribution in [0.4, 0.5) is 4.79 Å². The minimum absolute atomic E-state index is 0.177. The number of alkyl carbamates (subject to hydrolysis) is 1. The molecule has 0 bridgehead atoms. The second kappa shape index (κ2) is 9.47. The number of nitrogens with one attached hydrogen (secondary N) is 1. The first-order chi connectivity index (χ1) is 14.9. The van der Waals surface area contributed by atoms with Gasteiger partial charge in [-0.05, 0) is 97.0 Å². The van der Waals surface area contributed by atoms with Crippen molar-refractivity contribution in [2.45, 2.75) is 98.5 Å². The van der Waals surface area contributed by atoms with E-state index in [1.807, 2.05) is 48.5 Å². The Morgan fingerprint density at radius 3 is 2.00 bits per heavy atom. The molecule has 7 nitrogen and oxygen atoms in total. The lowest BCUT2D eigenvalue weighted by atomic mass is 9.71. The third kappa shape index (κ3) is 5.84. The Morgan fingerprint density at radius 1 is 1.03 bits per heavy atom. The number of halogens is 1. The molecule has 0 aliphatic carbocycles. The summed E-state index contributed by atoms with van der Waals surface area (Å²) >= 11 is 6.73. The zero-order chi connectivity index (χ0) is 25.5. The van der Waals surface area contributed by atoms with Gasteiger partial charge in [0.25, 0.3) is 0 Å². The van der Waals surface area contributed by atoms with Crippen molar-refractivity contribution in [3.63, 3.8) is 0 Å². The number of hydrogen-bond donors (Lipinski definition) is 1. The Labute approximate surface area is 203 Å². The molecule has 2 rings (SSSR count). The molecule has 33 heavy (non-hydrogen) atoms. The van der Waals surface area contributed by atoms with Gasteiger partial charge in [0, 0.05) is 11.4 Å². The molecule has 0 unspecified atom stereocenters. The molecule has 1 amide bonds. The van der Waals surface area contributed by atoms with Crippen molar-refractivity contribution in [2.24, 2.45) is 0 Å². The zero-order valence-corrected chi connectivity index (χ0v) is 22.4. The van der Waals surface area contributed by atoms with Gasteiger partial charge in [0.05, 0.1) is 18.3 Å². The number of methoxy groups -OCH3 is 1. The lowest BCUT2D eigenvalue weighted by molar-refractivity contribution is -0.143. The molecule has 1 heterocycles. The van der Waals surface area contributed by atoms with E-state index in [4.69, 9.17) is 30.4 Å². The molecule has 1 aromatic rings. The Balaban J connectivity index is 2.49. The van der Waals surface area contributed by atoms with Gasteiger partial charge >= 0.3 is 19.2 Å². The molecule has 1 aliphatic rings. The predicted octanol–water partition coefficient (Wildman–Crippen LogP) is 4.17. The molecule has 1 fully saturated rings. The number of hydrogen-bond acceptors (Lipinski definition) is 6. The van der Waals surface area contributed by atoms with E-state index in [9.17, 15) is 9.59 Å². The SMILES string of the molecule is COC(=O)[C@H](Cc1c(C)c(Cl)c(C)c(B2OC(C)(C)C(C)(C)O2)c1C)NC(=O)OC(C)(C)C. The number of amides is 1. The van der Waals surface area contributed by atoms with Crippen molar-refractivity contribution in [3.05, 3.63) is 27.3 Å². The van der Waals surface area contributed by atoms with Crippen molar-refractivity contribution >= 4 is 36.2 Å². The number of carbonyl (C=O) groups is 2. The van der Waals surface area contributed by atoms with E-state index in [1.165, 1.54) is 7.11 Å². The molecular formula is C24H37BClNO6. The summed E-state index contributed by atoms with van der Waals surface area (Å²) in [7, 11) is 0.672. The van der Waals surface area contributed by atoms with Gasteiger partial charge in [0.1, 0.15) is 11.6 Å². The summed E-state index contributed by atoms with van der Waals surface area (Å²) in [6.07, 6.45) is -0.520. The molecule has 1 aromatic carbocycles. The quantitative estimate of drug-likeness (QED) is 0.502. The smallest absolute Gasteiger partial charge is 0.467 e. The van der Waals surface area contributed by atoms with Gasteiger partial charge in [-0.3, -0.25) is 0 Å². The van der Waals surface area contributed by atoms with E-state index in [2.05, 4.69) is 5.32 Å². The van der Waals surface area contributed by atoms with E-state index in [1.54, 1.807) is 20.8 Å². The Kier molecular flexibility index (Phi) is 7.89. The fourth-order valence-corrected chi connectivity index (χ4v) is 4.08. The van der Waals surface area contributed by atoms with Gasteiger partial charge in [-0.15, -0.1) is 0 Å². The van der Waals surface area contributed by atoms with Crippen LogP contribution in [0.2, 0.25) is 5.02 Å². The maximum Gasteiger partial charge on any atom is 0.495 e. The zero-order valence-electron chi connectivity index (χ0n) is 21.7. The van der Waals surface area contributed by atoms with Gasteiger partial charge < -0.3 is 24.1 Å². The highest BCUT2D eigenvalue weighted by molar-refractivity contribution is 6.63. The lowest BCUT2D eigenvalue weighted by Crippen LogP contribution is -2.46. The first kappa shape index (κ1) is 27.5. The minimum Gasteiger partial charge on any atom is -0.467 e. The molecule has 1 aliphatic heterocycles. The first-order valence-corrected chi connectivity index (χ1v) is 11.5. The molecule has 184 valence electrons. The summed E-state index contributed by atoms with van der Waals surface area (Å²) in [5.74, 6) is -0.575. The highest BCUT2D eigenvalue weighted by atomic mass is 35.5. The van der Waals surface area contributed by atoms with Crippen molar-refractivity contribution in [1.29, 1.82) is 0 Å². The molecule has 1 N–H and O–H groups in total.